The van der Waals surface area contributed by atoms with E-state index in [0.29, 0.717) is 30.7 Å². The standard InChI is InChI=1S/C26H30N2O2/c1-3-27(4-2)16-15-25(29)28-19-23(17-21-11-7-5-8-12-21)26(30)24(20-28)18-22-13-9-6-10-14-22/h5-14,17-18H,3-4,15-16,19-20H2,1-2H3/b23-17-,24-18+. The largest absolute Gasteiger partial charge is 0.334 e. The fourth-order valence-corrected chi connectivity index (χ4v) is 3.67. The Labute approximate surface area is 179 Å². The topological polar surface area (TPSA) is 40.6 Å². The Bertz CT molecular complexity index is 851. The molecule has 1 amide bonds. The number of Topliss-reactive ketones (excluding diaryl/α,β-unsaturated/α-hetero) is 1. The van der Waals surface area contributed by atoms with Gasteiger partial charge in [0.15, 0.2) is 5.78 Å². The van der Waals surface area contributed by atoms with Gasteiger partial charge in [0.25, 0.3) is 0 Å². The lowest BCUT2D eigenvalue weighted by Crippen LogP contribution is -2.42. The molecule has 0 atom stereocenters. The molecule has 0 bridgehead atoms. The number of rotatable bonds is 7. The van der Waals surface area contributed by atoms with Gasteiger partial charge in [0.1, 0.15) is 0 Å². The SMILES string of the molecule is CCN(CC)CCC(=O)N1C/C(=C/c2ccccc2)C(=O)/C(=C/c2ccccc2)C1. The van der Waals surface area contributed by atoms with Crippen molar-refractivity contribution < 1.29 is 9.59 Å². The number of ketones is 1. The Morgan fingerprint density at radius 1 is 0.867 bits per heavy atom. The van der Waals surface area contributed by atoms with Gasteiger partial charge in [0.2, 0.25) is 5.91 Å². The first-order valence-corrected chi connectivity index (χ1v) is 10.7. The third-order valence-electron chi connectivity index (χ3n) is 5.48. The Balaban J connectivity index is 1.86. The van der Waals surface area contributed by atoms with Gasteiger partial charge >= 0.3 is 0 Å². The minimum Gasteiger partial charge on any atom is -0.334 e. The zero-order valence-corrected chi connectivity index (χ0v) is 17.9. The van der Waals surface area contributed by atoms with Gasteiger partial charge in [-0.2, -0.15) is 0 Å². The molecule has 0 N–H and O–H groups in total. The van der Waals surface area contributed by atoms with Crippen LogP contribution in [-0.4, -0.2) is 54.2 Å². The van der Waals surface area contributed by atoms with E-state index in [2.05, 4.69) is 18.7 Å². The summed E-state index contributed by atoms with van der Waals surface area (Å²) in [5, 5.41) is 0. The number of carbonyl (C=O) groups is 2. The molecule has 4 heteroatoms. The summed E-state index contributed by atoms with van der Waals surface area (Å²) in [5.41, 5.74) is 3.26. The van der Waals surface area contributed by atoms with E-state index in [9.17, 15) is 9.59 Å². The van der Waals surface area contributed by atoms with Crippen LogP contribution < -0.4 is 0 Å². The molecule has 30 heavy (non-hydrogen) atoms. The molecule has 0 saturated carbocycles. The van der Waals surface area contributed by atoms with E-state index in [0.717, 1.165) is 30.8 Å². The van der Waals surface area contributed by atoms with Crippen molar-refractivity contribution in [3.8, 4) is 0 Å². The van der Waals surface area contributed by atoms with Crippen LogP contribution in [0, 0.1) is 0 Å². The van der Waals surface area contributed by atoms with Crippen LogP contribution in [0.3, 0.4) is 0 Å². The lowest BCUT2D eigenvalue weighted by atomic mass is 9.94. The molecule has 3 rings (SSSR count). The van der Waals surface area contributed by atoms with Crippen LogP contribution >= 0.6 is 0 Å². The predicted octanol–water partition coefficient (Wildman–Crippen LogP) is 4.30. The molecule has 0 radical (unpaired) electrons. The van der Waals surface area contributed by atoms with Crippen molar-refractivity contribution in [2.24, 2.45) is 0 Å². The highest BCUT2D eigenvalue weighted by atomic mass is 16.2. The second-order valence-electron chi connectivity index (χ2n) is 7.52. The summed E-state index contributed by atoms with van der Waals surface area (Å²) in [5.74, 6) is 0.114. The molecule has 1 saturated heterocycles. The summed E-state index contributed by atoms with van der Waals surface area (Å²) in [6.07, 6.45) is 4.28. The molecule has 0 aliphatic carbocycles. The third kappa shape index (κ3) is 5.77. The average Bonchev–Trinajstić information content (AvgIpc) is 2.78. The molecule has 4 nitrogen and oxygen atoms in total. The molecule has 0 unspecified atom stereocenters. The van der Waals surface area contributed by atoms with Gasteiger partial charge in [-0.1, -0.05) is 74.5 Å². The van der Waals surface area contributed by atoms with Crippen LogP contribution in [0.1, 0.15) is 31.4 Å². The lowest BCUT2D eigenvalue weighted by molar-refractivity contribution is -0.131. The smallest absolute Gasteiger partial charge is 0.224 e. The van der Waals surface area contributed by atoms with Crippen molar-refractivity contribution in [1.29, 1.82) is 0 Å². The van der Waals surface area contributed by atoms with E-state index in [1.54, 1.807) is 0 Å². The van der Waals surface area contributed by atoms with E-state index in [4.69, 9.17) is 0 Å². The zero-order chi connectivity index (χ0) is 21.3. The molecule has 156 valence electrons. The molecule has 2 aromatic carbocycles. The van der Waals surface area contributed by atoms with Gasteiger partial charge in [-0.3, -0.25) is 9.59 Å². The quantitative estimate of drug-likeness (QED) is 0.649. The van der Waals surface area contributed by atoms with Crippen LogP contribution in [0.25, 0.3) is 12.2 Å². The van der Waals surface area contributed by atoms with E-state index in [-0.39, 0.29) is 11.7 Å². The second kappa shape index (κ2) is 10.7. The van der Waals surface area contributed by atoms with Crippen molar-refractivity contribution in [2.75, 3.05) is 32.7 Å². The van der Waals surface area contributed by atoms with Gasteiger partial charge in [-0.25, -0.2) is 0 Å². The van der Waals surface area contributed by atoms with Gasteiger partial charge in [-0.05, 0) is 36.4 Å². The minimum absolute atomic E-state index is 0.0236. The number of hydrogen-bond acceptors (Lipinski definition) is 3. The molecular formula is C26H30N2O2. The van der Waals surface area contributed by atoms with E-state index < -0.39 is 0 Å². The minimum atomic E-state index is 0.0236. The van der Waals surface area contributed by atoms with Gasteiger partial charge in [0, 0.05) is 37.2 Å². The van der Waals surface area contributed by atoms with Crippen LogP contribution in [0.15, 0.2) is 71.8 Å². The van der Waals surface area contributed by atoms with E-state index in [1.807, 2.05) is 77.7 Å². The highest BCUT2D eigenvalue weighted by molar-refractivity contribution is 6.15. The summed E-state index contributed by atoms with van der Waals surface area (Å²) in [6.45, 7) is 7.53. The van der Waals surface area contributed by atoms with Crippen molar-refractivity contribution >= 4 is 23.8 Å². The van der Waals surface area contributed by atoms with Crippen molar-refractivity contribution in [3.05, 3.63) is 82.9 Å². The first kappa shape index (κ1) is 21.7. The van der Waals surface area contributed by atoms with E-state index >= 15 is 0 Å². The Hall–Kier alpha value is -2.98. The number of nitrogens with zero attached hydrogens (tertiary/aromatic N) is 2. The second-order valence-corrected chi connectivity index (χ2v) is 7.52. The molecule has 2 aromatic rings. The normalized spacial score (nSPS) is 17.2. The fourth-order valence-electron chi connectivity index (χ4n) is 3.67. The highest BCUT2D eigenvalue weighted by Crippen LogP contribution is 2.22. The molecule has 0 spiro atoms. The number of carbonyl (C=O) groups excluding carboxylic acids is 2. The van der Waals surface area contributed by atoms with Crippen molar-refractivity contribution in [1.82, 2.24) is 9.80 Å². The Morgan fingerprint density at radius 2 is 1.33 bits per heavy atom. The number of amides is 1. The van der Waals surface area contributed by atoms with Gasteiger partial charge < -0.3 is 9.80 Å². The zero-order valence-electron chi connectivity index (χ0n) is 17.9. The maximum Gasteiger partial charge on any atom is 0.224 e. The monoisotopic (exact) mass is 402 g/mol. The summed E-state index contributed by atoms with van der Waals surface area (Å²) in [4.78, 5) is 30.2. The predicted molar refractivity (Wildman–Crippen MR) is 123 cm³/mol. The lowest BCUT2D eigenvalue weighted by Gasteiger charge is -2.31. The van der Waals surface area contributed by atoms with Crippen LogP contribution in [0.4, 0.5) is 0 Å². The summed E-state index contributed by atoms with van der Waals surface area (Å²) in [6, 6.07) is 19.6. The number of benzene rings is 2. The molecule has 0 aromatic heterocycles. The first-order chi connectivity index (χ1) is 14.6. The fraction of sp³-hybridized carbons (Fsp3) is 0.308. The Morgan fingerprint density at radius 3 is 1.77 bits per heavy atom. The summed E-state index contributed by atoms with van der Waals surface area (Å²) in [7, 11) is 0. The summed E-state index contributed by atoms with van der Waals surface area (Å²) >= 11 is 0. The third-order valence-corrected chi connectivity index (χ3v) is 5.48. The molecule has 1 aliphatic heterocycles. The molecule has 1 fully saturated rings. The van der Waals surface area contributed by atoms with Crippen LogP contribution in [0.5, 0.6) is 0 Å². The maximum absolute atomic E-state index is 13.2. The van der Waals surface area contributed by atoms with E-state index in [1.165, 1.54) is 0 Å². The van der Waals surface area contributed by atoms with Crippen molar-refractivity contribution in [2.45, 2.75) is 20.3 Å². The number of likely N-dealkylation sites (tertiary alicyclic amines) is 1. The highest BCUT2D eigenvalue weighted by Gasteiger charge is 2.29. The number of piperidine rings is 1. The van der Waals surface area contributed by atoms with Crippen molar-refractivity contribution in [3.63, 3.8) is 0 Å². The number of hydrogen-bond donors (Lipinski definition) is 0. The van der Waals surface area contributed by atoms with Crippen LogP contribution in [-0.2, 0) is 9.59 Å². The molecule has 1 aliphatic rings. The molecular weight excluding hydrogens is 372 g/mol. The van der Waals surface area contributed by atoms with Crippen LogP contribution in [0.2, 0.25) is 0 Å². The summed E-state index contributed by atoms with van der Waals surface area (Å²) < 4.78 is 0. The van der Waals surface area contributed by atoms with Gasteiger partial charge in [-0.15, -0.1) is 0 Å². The Kier molecular flexibility index (Phi) is 7.75. The first-order valence-electron chi connectivity index (χ1n) is 10.7. The maximum atomic E-state index is 13.2. The average molecular weight is 403 g/mol. The van der Waals surface area contributed by atoms with Gasteiger partial charge in [0.05, 0.1) is 0 Å². The molecule has 1 heterocycles.